The van der Waals surface area contributed by atoms with Gasteiger partial charge in [0.2, 0.25) is 5.91 Å². The zero-order valence-electron chi connectivity index (χ0n) is 21.1. The number of benzene rings is 2. The first-order valence-electron chi connectivity index (χ1n) is 12.0. The van der Waals surface area contributed by atoms with E-state index in [1.165, 1.54) is 23.1 Å². The lowest BCUT2D eigenvalue weighted by Gasteiger charge is -2.36. The van der Waals surface area contributed by atoms with Crippen molar-refractivity contribution in [3.8, 4) is 0 Å². The minimum absolute atomic E-state index is 0.0730. The van der Waals surface area contributed by atoms with Gasteiger partial charge in [0.05, 0.1) is 10.7 Å². The average Bonchev–Trinajstić information content (AvgIpc) is 2.83. The van der Waals surface area contributed by atoms with Crippen LogP contribution in [0.15, 0.2) is 42.5 Å². The number of carbonyl (C=O) groups is 3. The van der Waals surface area contributed by atoms with Gasteiger partial charge >= 0.3 is 6.03 Å². The van der Waals surface area contributed by atoms with E-state index in [9.17, 15) is 18.8 Å². The van der Waals surface area contributed by atoms with Gasteiger partial charge in [0.25, 0.3) is 5.91 Å². The largest absolute Gasteiger partial charge is 0.368 e. The summed E-state index contributed by atoms with van der Waals surface area (Å²) in [6, 6.07) is 10.5. The van der Waals surface area contributed by atoms with Crippen molar-refractivity contribution in [2.24, 2.45) is 0 Å². The van der Waals surface area contributed by atoms with Gasteiger partial charge in [-0.15, -0.1) is 0 Å². The Bertz CT molecular complexity index is 1100. The van der Waals surface area contributed by atoms with E-state index in [1.807, 2.05) is 19.9 Å². The highest BCUT2D eigenvalue weighted by Gasteiger charge is 2.24. The Balaban J connectivity index is 1.65. The number of urea groups is 1. The topological polar surface area (TPSA) is 85.0 Å². The third kappa shape index (κ3) is 7.10. The number of rotatable bonds is 7. The molecule has 36 heavy (non-hydrogen) atoms. The quantitative estimate of drug-likeness (QED) is 0.576. The van der Waals surface area contributed by atoms with Gasteiger partial charge in [-0.1, -0.05) is 17.7 Å². The third-order valence-electron chi connectivity index (χ3n) is 5.84. The first-order valence-corrected chi connectivity index (χ1v) is 12.4. The van der Waals surface area contributed by atoms with Crippen molar-refractivity contribution in [2.45, 2.75) is 39.8 Å². The lowest BCUT2D eigenvalue weighted by molar-refractivity contribution is -0.117. The van der Waals surface area contributed by atoms with Crippen molar-refractivity contribution >= 4 is 40.8 Å². The fourth-order valence-electron chi connectivity index (χ4n) is 3.93. The van der Waals surface area contributed by atoms with Crippen molar-refractivity contribution in [3.05, 3.63) is 58.9 Å². The summed E-state index contributed by atoms with van der Waals surface area (Å²) in [5, 5.41) is 6.08. The maximum absolute atomic E-state index is 13.6. The zero-order valence-corrected chi connectivity index (χ0v) is 21.8. The molecular weight excluding hydrogens is 485 g/mol. The third-order valence-corrected chi connectivity index (χ3v) is 6.17. The molecule has 1 fully saturated rings. The molecule has 0 aromatic heterocycles. The number of nitrogens with zero attached hydrogens (tertiary/aromatic N) is 3. The molecule has 1 saturated heterocycles. The highest BCUT2D eigenvalue weighted by atomic mass is 35.5. The Morgan fingerprint density at radius 3 is 2.33 bits per heavy atom. The molecule has 0 unspecified atom stereocenters. The molecule has 0 atom stereocenters. The first-order chi connectivity index (χ1) is 17.0. The van der Waals surface area contributed by atoms with Crippen LogP contribution in [-0.4, -0.2) is 72.5 Å². The van der Waals surface area contributed by atoms with Crippen molar-refractivity contribution in [2.75, 3.05) is 42.9 Å². The molecule has 0 aliphatic carbocycles. The van der Waals surface area contributed by atoms with Gasteiger partial charge < -0.3 is 25.3 Å². The molecule has 1 heterocycles. The Labute approximate surface area is 216 Å². The summed E-state index contributed by atoms with van der Waals surface area (Å²) in [6.07, 6.45) is 0. The summed E-state index contributed by atoms with van der Waals surface area (Å²) >= 11 is 6.35. The molecule has 0 radical (unpaired) electrons. The summed E-state index contributed by atoms with van der Waals surface area (Å²) in [5.41, 5.74) is 1.48. The average molecular weight is 518 g/mol. The Kier molecular flexibility index (Phi) is 9.14. The number of halogens is 2. The maximum atomic E-state index is 13.6. The van der Waals surface area contributed by atoms with Crippen molar-refractivity contribution in [1.82, 2.24) is 15.1 Å². The van der Waals surface area contributed by atoms with Gasteiger partial charge in [-0.05, 0) is 64.1 Å². The van der Waals surface area contributed by atoms with Crippen LogP contribution in [0.4, 0.5) is 20.6 Å². The maximum Gasteiger partial charge on any atom is 0.317 e. The van der Waals surface area contributed by atoms with Crippen LogP contribution in [-0.2, 0) is 4.79 Å². The number of amides is 4. The minimum atomic E-state index is -0.515. The van der Waals surface area contributed by atoms with Crippen molar-refractivity contribution in [1.29, 1.82) is 0 Å². The lowest BCUT2D eigenvalue weighted by atomic mass is 10.1. The van der Waals surface area contributed by atoms with Crippen LogP contribution in [0.5, 0.6) is 0 Å². The van der Waals surface area contributed by atoms with Gasteiger partial charge in [0.15, 0.2) is 0 Å². The van der Waals surface area contributed by atoms with E-state index in [0.717, 1.165) is 11.8 Å². The normalized spacial score (nSPS) is 13.7. The van der Waals surface area contributed by atoms with Crippen LogP contribution in [0.1, 0.15) is 38.1 Å². The molecule has 10 heteroatoms. The molecule has 2 N–H and O–H groups in total. The SMILES string of the molecule is CC(C)NC(=O)N1CCN(c2ccc(Cl)c(NC(=O)CN(C(=O)c3cccc(F)c3)C(C)C)c2)CC1. The second kappa shape index (κ2) is 12.1. The van der Waals surface area contributed by atoms with Gasteiger partial charge in [-0.25, -0.2) is 9.18 Å². The van der Waals surface area contributed by atoms with Crippen LogP contribution in [0.25, 0.3) is 0 Å². The minimum Gasteiger partial charge on any atom is -0.368 e. The molecular formula is C26H33ClFN5O3. The summed E-state index contributed by atoms with van der Waals surface area (Å²) in [7, 11) is 0. The van der Waals surface area contributed by atoms with Crippen LogP contribution in [0, 0.1) is 5.82 Å². The van der Waals surface area contributed by atoms with Crippen LogP contribution in [0.3, 0.4) is 0 Å². The van der Waals surface area contributed by atoms with Crippen LogP contribution >= 0.6 is 11.6 Å². The number of hydrogen-bond donors (Lipinski definition) is 2. The van der Waals surface area contributed by atoms with E-state index < -0.39 is 17.6 Å². The van der Waals surface area contributed by atoms with E-state index in [1.54, 1.807) is 30.9 Å². The Morgan fingerprint density at radius 1 is 1.03 bits per heavy atom. The standard InChI is InChI=1S/C26H33ClFN5O3/c1-17(2)29-26(36)32-12-10-31(11-13-32)21-8-9-22(27)23(15-21)30-24(34)16-33(18(3)4)25(35)19-6-5-7-20(28)14-19/h5-9,14-15,17-18H,10-13,16H2,1-4H3,(H,29,36)(H,30,34). The molecule has 1 aliphatic heterocycles. The van der Waals surface area contributed by atoms with Gasteiger partial charge in [-0.2, -0.15) is 0 Å². The van der Waals surface area contributed by atoms with Crippen molar-refractivity contribution < 1.29 is 18.8 Å². The fourth-order valence-corrected chi connectivity index (χ4v) is 4.10. The number of carbonyl (C=O) groups excluding carboxylic acids is 3. The van der Waals surface area contributed by atoms with Gasteiger partial charge in [-0.3, -0.25) is 9.59 Å². The predicted molar refractivity (Wildman–Crippen MR) is 140 cm³/mol. The molecule has 0 bridgehead atoms. The number of hydrogen-bond acceptors (Lipinski definition) is 4. The smallest absolute Gasteiger partial charge is 0.317 e. The second-order valence-corrected chi connectivity index (χ2v) is 9.73. The molecule has 2 aromatic carbocycles. The molecule has 0 spiro atoms. The highest BCUT2D eigenvalue weighted by molar-refractivity contribution is 6.33. The number of piperazine rings is 1. The van der Waals surface area contributed by atoms with E-state index in [0.29, 0.717) is 36.9 Å². The molecule has 4 amide bonds. The van der Waals surface area contributed by atoms with E-state index >= 15 is 0 Å². The van der Waals surface area contributed by atoms with E-state index in [-0.39, 0.29) is 30.2 Å². The van der Waals surface area contributed by atoms with Gasteiger partial charge in [0, 0.05) is 49.5 Å². The molecule has 0 saturated carbocycles. The fraction of sp³-hybridized carbons (Fsp3) is 0.423. The summed E-state index contributed by atoms with van der Waals surface area (Å²) in [5.74, 6) is -1.36. The Hall–Kier alpha value is -3.33. The van der Waals surface area contributed by atoms with Gasteiger partial charge in [0.1, 0.15) is 12.4 Å². The molecule has 8 nitrogen and oxygen atoms in total. The van der Waals surface area contributed by atoms with E-state index in [2.05, 4.69) is 15.5 Å². The van der Waals surface area contributed by atoms with Crippen LogP contribution < -0.4 is 15.5 Å². The predicted octanol–water partition coefficient (Wildman–Crippen LogP) is 4.21. The Morgan fingerprint density at radius 2 is 1.72 bits per heavy atom. The number of nitrogens with one attached hydrogen (secondary N) is 2. The summed E-state index contributed by atoms with van der Waals surface area (Å²) in [4.78, 5) is 43.3. The monoisotopic (exact) mass is 517 g/mol. The molecule has 194 valence electrons. The first kappa shape index (κ1) is 27.3. The number of anilines is 2. The molecule has 2 aromatic rings. The molecule has 1 aliphatic rings. The molecule has 3 rings (SSSR count). The van der Waals surface area contributed by atoms with E-state index in [4.69, 9.17) is 11.6 Å². The lowest BCUT2D eigenvalue weighted by Crippen LogP contribution is -2.52. The van der Waals surface area contributed by atoms with Crippen LogP contribution in [0.2, 0.25) is 5.02 Å². The second-order valence-electron chi connectivity index (χ2n) is 9.33. The highest BCUT2D eigenvalue weighted by Crippen LogP contribution is 2.28. The summed E-state index contributed by atoms with van der Waals surface area (Å²) in [6.45, 7) is 9.66. The zero-order chi connectivity index (χ0) is 26.4. The van der Waals surface area contributed by atoms with Crippen molar-refractivity contribution in [3.63, 3.8) is 0 Å². The summed E-state index contributed by atoms with van der Waals surface area (Å²) < 4.78 is 13.6.